The highest BCUT2D eigenvalue weighted by Crippen LogP contribution is 2.25. The molecule has 1 fully saturated rings. The van der Waals surface area contributed by atoms with Gasteiger partial charge in [-0.05, 0) is 75.7 Å². The summed E-state index contributed by atoms with van der Waals surface area (Å²) in [6.45, 7) is 7.93. The number of hydrogen-bond acceptors (Lipinski definition) is 5. The lowest BCUT2D eigenvalue weighted by molar-refractivity contribution is -0.121. The second-order valence-corrected chi connectivity index (χ2v) is 8.28. The third-order valence-electron chi connectivity index (χ3n) is 5.71. The second-order valence-electron chi connectivity index (χ2n) is 8.28. The number of likely N-dealkylation sites (tertiary alicyclic amines) is 1. The van der Waals surface area contributed by atoms with Gasteiger partial charge in [-0.15, -0.1) is 0 Å². The van der Waals surface area contributed by atoms with Crippen LogP contribution in [-0.2, 0) is 4.79 Å². The normalized spacial score (nSPS) is 14.7. The number of unbranched alkanes of at least 4 members (excludes halogenated alkanes) is 1. The van der Waals surface area contributed by atoms with Crippen LogP contribution in [0, 0.1) is 0 Å². The molecule has 2 aromatic carbocycles. The van der Waals surface area contributed by atoms with Gasteiger partial charge in [-0.2, -0.15) is 0 Å². The van der Waals surface area contributed by atoms with Crippen molar-refractivity contribution >= 4 is 11.6 Å². The summed E-state index contributed by atoms with van der Waals surface area (Å²) in [4.78, 5) is 17.5. The van der Waals surface area contributed by atoms with Crippen LogP contribution in [0.1, 0.15) is 39.5 Å². The van der Waals surface area contributed by atoms with E-state index in [9.17, 15) is 4.79 Å². The molecule has 6 nitrogen and oxygen atoms in total. The molecular weight excluding hydrogens is 404 g/mol. The lowest BCUT2D eigenvalue weighted by Crippen LogP contribution is -2.47. The highest BCUT2D eigenvalue weighted by molar-refractivity contribution is 5.95. The van der Waals surface area contributed by atoms with Crippen molar-refractivity contribution in [2.75, 3.05) is 44.9 Å². The summed E-state index contributed by atoms with van der Waals surface area (Å²) >= 11 is 0. The molecule has 6 heteroatoms. The van der Waals surface area contributed by atoms with E-state index in [0.29, 0.717) is 12.4 Å². The lowest BCUT2D eigenvalue weighted by Gasteiger charge is -2.32. The molecular formula is C26H36N2O4. The van der Waals surface area contributed by atoms with Gasteiger partial charge in [-0.3, -0.25) is 4.79 Å². The van der Waals surface area contributed by atoms with Gasteiger partial charge in [0.1, 0.15) is 17.2 Å². The van der Waals surface area contributed by atoms with Crippen molar-refractivity contribution in [1.82, 2.24) is 4.90 Å². The SMILES string of the molecule is CCCCOc1ccc(OCC(=O)N(c2cccc(OC)c2)C(C)CN2CCCC2)cc1. The topological polar surface area (TPSA) is 51.2 Å². The number of methoxy groups -OCH3 is 1. The number of amides is 1. The second kappa shape index (κ2) is 12.3. The monoisotopic (exact) mass is 440 g/mol. The fourth-order valence-electron chi connectivity index (χ4n) is 4.01. The Morgan fingerprint density at radius 1 is 1.03 bits per heavy atom. The minimum absolute atomic E-state index is 0.0191. The first kappa shape index (κ1) is 23.9. The van der Waals surface area contributed by atoms with Crippen LogP contribution in [0.5, 0.6) is 17.2 Å². The average molecular weight is 441 g/mol. The molecule has 1 atom stereocenters. The van der Waals surface area contributed by atoms with E-state index in [1.807, 2.05) is 53.4 Å². The summed E-state index contributed by atoms with van der Waals surface area (Å²) in [5.74, 6) is 2.12. The van der Waals surface area contributed by atoms with E-state index in [1.54, 1.807) is 7.11 Å². The van der Waals surface area contributed by atoms with E-state index in [2.05, 4.69) is 18.7 Å². The molecule has 0 saturated carbocycles. The molecule has 0 aliphatic carbocycles. The Kier molecular flexibility index (Phi) is 9.23. The first-order valence-electron chi connectivity index (χ1n) is 11.6. The molecule has 0 radical (unpaired) electrons. The van der Waals surface area contributed by atoms with Gasteiger partial charge in [-0.1, -0.05) is 19.4 Å². The van der Waals surface area contributed by atoms with E-state index >= 15 is 0 Å². The van der Waals surface area contributed by atoms with Gasteiger partial charge in [-0.25, -0.2) is 0 Å². The van der Waals surface area contributed by atoms with Gasteiger partial charge in [0, 0.05) is 24.3 Å². The zero-order valence-electron chi connectivity index (χ0n) is 19.6. The number of benzene rings is 2. The third-order valence-corrected chi connectivity index (χ3v) is 5.71. The van der Waals surface area contributed by atoms with E-state index < -0.39 is 0 Å². The summed E-state index contributed by atoms with van der Waals surface area (Å²) in [6, 6.07) is 15.1. The van der Waals surface area contributed by atoms with Gasteiger partial charge in [0.25, 0.3) is 5.91 Å². The van der Waals surface area contributed by atoms with Crippen LogP contribution >= 0.6 is 0 Å². The van der Waals surface area contributed by atoms with Gasteiger partial charge in [0.2, 0.25) is 0 Å². The zero-order valence-corrected chi connectivity index (χ0v) is 19.6. The maximum atomic E-state index is 13.3. The van der Waals surface area contributed by atoms with Crippen molar-refractivity contribution in [3.63, 3.8) is 0 Å². The molecule has 174 valence electrons. The highest BCUT2D eigenvalue weighted by Gasteiger charge is 2.26. The summed E-state index contributed by atoms with van der Waals surface area (Å²) < 4.78 is 16.9. The molecule has 0 N–H and O–H groups in total. The Morgan fingerprint density at radius 2 is 1.72 bits per heavy atom. The molecule has 1 unspecified atom stereocenters. The van der Waals surface area contributed by atoms with E-state index in [4.69, 9.17) is 14.2 Å². The van der Waals surface area contributed by atoms with Crippen LogP contribution in [0.3, 0.4) is 0 Å². The van der Waals surface area contributed by atoms with Crippen LogP contribution < -0.4 is 19.1 Å². The quantitative estimate of drug-likeness (QED) is 0.445. The van der Waals surface area contributed by atoms with Crippen LogP contribution in [0.2, 0.25) is 0 Å². The summed E-state index contributed by atoms with van der Waals surface area (Å²) in [5, 5.41) is 0. The minimum atomic E-state index is -0.0757. The average Bonchev–Trinajstić information content (AvgIpc) is 3.32. The number of carbonyl (C=O) groups excluding carboxylic acids is 1. The number of rotatable bonds is 12. The maximum absolute atomic E-state index is 13.3. The standard InChI is InChI=1S/C26H36N2O4/c1-4-5-17-31-23-11-13-24(14-12-23)32-20-26(29)28(21(2)19-27-15-6-7-16-27)22-9-8-10-25(18-22)30-3/h8-14,18,21H,4-7,15-17,19-20H2,1-3H3. The van der Waals surface area contributed by atoms with Crippen molar-refractivity contribution in [3.05, 3.63) is 48.5 Å². The largest absolute Gasteiger partial charge is 0.497 e. The number of nitrogens with zero attached hydrogens (tertiary/aromatic N) is 2. The lowest BCUT2D eigenvalue weighted by atomic mass is 10.2. The van der Waals surface area contributed by atoms with Crippen LogP contribution in [0.25, 0.3) is 0 Å². The Bertz CT molecular complexity index is 834. The number of ether oxygens (including phenoxy) is 3. The number of anilines is 1. The molecule has 1 aliphatic rings. The van der Waals surface area contributed by atoms with Crippen molar-refractivity contribution in [1.29, 1.82) is 0 Å². The maximum Gasteiger partial charge on any atom is 0.265 e. The molecule has 32 heavy (non-hydrogen) atoms. The molecule has 1 heterocycles. The molecule has 0 spiro atoms. The molecule has 1 saturated heterocycles. The van der Waals surface area contributed by atoms with E-state index in [-0.39, 0.29) is 18.6 Å². The molecule has 2 aromatic rings. The predicted molar refractivity (Wildman–Crippen MR) is 128 cm³/mol. The summed E-state index contributed by atoms with van der Waals surface area (Å²) in [7, 11) is 1.64. The van der Waals surface area contributed by atoms with Gasteiger partial charge < -0.3 is 24.0 Å². The van der Waals surface area contributed by atoms with Crippen molar-refractivity contribution < 1.29 is 19.0 Å². The fraction of sp³-hybridized carbons (Fsp3) is 0.500. The van der Waals surface area contributed by atoms with E-state index in [1.165, 1.54) is 12.8 Å². The zero-order chi connectivity index (χ0) is 22.8. The molecule has 1 amide bonds. The predicted octanol–water partition coefficient (Wildman–Crippen LogP) is 4.77. The van der Waals surface area contributed by atoms with Crippen LogP contribution in [0.4, 0.5) is 5.69 Å². The fourth-order valence-corrected chi connectivity index (χ4v) is 4.01. The number of hydrogen-bond donors (Lipinski definition) is 0. The Balaban J connectivity index is 1.66. The molecule has 0 aromatic heterocycles. The highest BCUT2D eigenvalue weighted by atomic mass is 16.5. The Morgan fingerprint density at radius 3 is 2.38 bits per heavy atom. The van der Waals surface area contributed by atoms with Gasteiger partial charge >= 0.3 is 0 Å². The Hall–Kier alpha value is -2.73. The summed E-state index contributed by atoms with van der Waals surface area (Å²) in [6.07, 6.45) is 4.58. The van der Waals surface area contributed by atoms with Crippen molar-refractivity contribution in [2.45, 2.75) is 45.6 Å². The smallest absolute Gasteiger partial charge is 0.265 e. The van der Waals surface area contributed by atoms with Crippen LogP contribution in [-0.4, -0.2) is 56.8 Å². The first-order chi connectivity index (χ1) is 15.6. The number of carbonyl (C=O) groups is 1. The Labute approximate surface area is 192 Å². The molecule has 0 bridgehead atoms. The molecule has 3 rings (SSSR count). The first-order valence-corrected chi connectivity index (χ1v) is 11.6. The third kappa shape index (κ3) is 6.89. The van der Waals surface area contributed by atoms with Gasteiger partial charge in [0.05, 0.1) is 13.7 Å². The summed E-state index contributed by atoms with van der Waals surface area (Å²) in [5.41, 5.74) is 0.823. The van der Waals surface area contributed by atoms with E-state index in [0.717, 1.165) is 49.7 Å². The van der Waals surface area contributed by atoms with Crippen LogP contribution in [0.15, 0.2) is 48.5 Å². The molecule has 1 aliphatic heterocycles. The van der Waals surface area contributed by atoms with Crippen molar-refractivity contribution in [3.8, 4) is 17.2 Å². The van der Waals surface area contributed by atoms with Crippen molar-refractivity contribution in [2.24, 2.45) is 0 Å². The minimum Gasteiger partial charge on any atom is -0.497 e. The van der Waals surface area contributed by atoms with Gasteiger partial charge in [0.15, 0.2) is 6.61 Å².